The summed E-state index contributed by atoms with van der Waals surface area (Å²) in [5.41, 5.74) is 0.559. The van der Waals surface area contributed by atoms with Gasteiger partial charge in [0, 0.05) is 30.2 Å². The second-order valence-corrected chi connectivity index (χ2v) is 6.53. The summed E-state index contributed by atoms with van der Waals surface area (Å²) in [6.07, 6.45) is 2.56. The Hall–Kier alpha value is -2.75. The summed E-state index contributed by atoms with van der Waals surface area (Å²) in [6.45, 7) is 3.38. The summed E-state index contributed by atoms with van der Waals surface area (Å²) in [6, 6.07) is 4.80. The van der Waals surface area contributed by atoms with Crippen molar-refractivity contribution in [2.24, 2.45) is 0 Å². The van der Waals surface area contributed by atoms with E-state index in [-0.39, 0.29) is 16.4 Å². The first kappa shape index (κ1) is 20.0. The Bertz CT molecular complexity index is 1120. The molecule has 142 valence electrons. The molecule has 3 rings (SSSR count). The monoisotopic (exact) mass is 401 g/mol. The third-order valence-corrected chi connectivity index (χ3v) is 4.11. The molecule has 7 nitrogen and oxygen atoms in total. The Labute approximate surface area is 165 Å². The van der Waals surface area contributed by atoms with Crippen molar-refractivity contribution in [3.8, 4) is 11.4 Å². The minimum Gasteiger partial charge on any atom is -0.434 e. The van der Waals surface area contributed by atoms with Crippen molar-refractivity contribution < 1.29 is 19.3 Å². The van der Waals surface area contributed by atoms with Crippen LogP contribution in [0.2, 0.25) is 5.02 Å². The maximum Gasteiger partial charge on any atom is 0.372 e. The molecular weight excluding hydrogens is 387 g/mol. The Morgan fingerprint density at radius 2 is 1.89 bits per heavy atom. The molecular formula is C18H14BClFN3O4. The highest BCUT2D eigenvalue weighted by Gasteiger charge is 2.34. The third-order valence-electron chi connectivity index (χ3n) is 3.90. The van der Waals surface area contributed by atoms with E-state index < -0.39 is 23.0 Å². The van der Waals surface area contributed by atoms with Crippen LogP contribution in [-0.4, -0.2) is 32.6 Å². The molecule has 0 saturated carbocycles. The van der Waals surface area contributed by atoms with Gasteiger partial charge in [0.2, 0.25) is 0 Å². The lowest BCUT2D eigenvalue weighted by molar-refractivity contribution is -0.308. The van der Waals surface area contributed by atoms with Crippen molar-refractivity contribution in [2.45, 2.75) is 19.8 Å². The van der Waals surface area contributed by atoms with Gasteiger partial charge in [-0.25, -0.2) is 9.37 Å². The van der Waals surface area contributed by atoms with E-state index in [1.807, 2.05) is 0 Å². The van der Waals surface area contributed by atoms with E-state index in [2.05, 4.69) is 9.97 Å². The van der Waals surface area contributed by atoms with Gasteiger partial charge in [-0.05, 0) is 37.1 Å². The molecule has 0 unspecified atom stereocenters. The summed E-state index contributed by atoms with van der Waals surface area (Å²) in [5.74, 6) is -4.39. The largest absolute Gasteiger partial charge is 0.434 e. The number of hydrogen-bond donors (Lipinski definition) is 2. The predicted molar refractivity (Wildman–Crippen MR) is 101 cm³/mol. The number of rotatable bonds is 4. The standard InChI is InChI=1S/C18H14BClFN3O4/c1-9-7-22-15(19)6-14(9)24-10(2)3-12(5-16(24)25)28-18(26,27)17-13(21)4-11(20)8-23-17/h3-8,26-27H,1-2H3. The molecule has 3 aromatic rings. The van der Waals surface area contributed by atoms with Crippen molar-refractivity contribution in [3.05, 3.63) is 74.8 Å². The number of hydrogen-bond acceptors (Lipinski definition) is 6. The average molecular weight is 402 g/mol. The molecule has 3 heterocycles. The van der Waals surface area contributed by atoms with Crippen molar-refractivity contribution in [1.82, 2.24) is 14.5 Å². The van der Waals surface area contributed by atoms with Gasteiger partial charge in [-0.1, -0.05) is 11.6 Å². The third kappa shape index (κ3) is 3.91. The summed E-state index contributed by atoms with van der Waals surface area (Å²) in [5, 5.41) is 20.2. The summed E-state index contributed by atoms with van der Waals surface area (Å²) < 4.78 is 20.3. The van der Waals surface area contributed by atoms with Crippen LogP contribution < -0.4 is 15.9 Å². The lowest BCUT2D eigenvalue weighted by atomic mass is 10.0. The minimum absolute atomic E-state index is 0.0255. The van der Waals surface area contributed by atoms with Crippen molar-refractivity contribution >= 4 is 25.0 Å². The van der Waals surface area contributed by atoms with Gasteiger partial charge >= 0.3 is 5.97 Å². The number of nitrogens with zero attached hydrogens (tertiary/aromatic N) is 3. The van der Waals surface area contributed by atoms with Crippen LogP contribution in [0.15, 0.2) is 41.5 Å². The fourth-order valence-electron chi connectivity index (χ4n) is 2.68. The molecule has 0 saturated heterocycles. The zero-order chi connectivity index (χ0) is 20.6. The number of aryl methyl sites for hydroxylation is 2. The Morgan fingerprint density at radius 3 is 2.54 bits per heavy atom. The average Bonchev–Trinajstić information content (AvgIpc) is 2.56. The normalized spacial score (nSPS) is 11.5. The van der Waals surface area contributed by atoms with Crippen LogP contribution in [0.4, 0.5) is 4.39 Å². The van der Waals surface area contributed by atoms with Gasteiger partial charge in [-0.15, -0.1) is 0 Å². The van der Waals surface area contributed by atoms with E-state index in [1.165, 1.54) is 16.8 Å². The molecule has 28 heavy (non-hydrogen) atoms. The quantitative estimate of drug-likeness (QED) is 0.500. The van der Waals surface area contributed by atoms with E-state index in [9.17, 15) is 19.4 Å². The Morgan fingerprint density at radius 1 is 1.18 bits per heavy atom. The van der Waals surface area contributed by atoms with Crippen LogP contribution in [0.3, 0.4) is 0 Å². The molecule has 3 aromatic heterocycles. The molecule has 10 heteroatoms. The molecule has 0 aliphatic carbocycles. The van der Waals surface area contributed by atoms with E-state index in [0.717, 1.165) is 18.3 Å². The van der Waals surface area contributed by atoms with E-state index >= 15 is 0 Å². The highest BCUT2D eigenvalue weighted by atomic mass is 35.5. The highest BCUT2D eigenvalue weighted by molar-refractivity contribution is 6.30. The van der Waals surface area contributed by atoms with Crippen LogP contribution in [0.5, 0.6) is 5.75 Å². The SMILES string of the molecule is [B]c1cc(-n2c(C)cc(OC(O)(O)c3ncc(Cl)cc3F)cc2=O)c(C)cn1. The van der Waals surface area contributed by atoms with Gasteiger partial charge in [0.1, 0.15) is 13.6 Å². The lowest BCUT2D eigenvalue weighted by Gasteiger charge is -2.23. The Kier molecular flexibility index (Phi) is 5.25. The first-order valence-electron chi connectivity index (χ1n) is 8.00. The van der Waals surface area contributed by atoms with E-state index in [0.29, 0.717) is 16.9 Å². The van der Waals surface area contributed by atoms with Gasteiger partial charge < -0.3 is 14.9 Å². The van der Waals surface area contributed by atoms with Gasteiger partial charge in [0.05, 0.1) is 10.7 Å². The molecule has 0 aliphatic heterocycles. The topological polar surface area (TPSA) is 97.5 Å². The molecule has 0 atom stereocenters. The number of ether oxygens (including phenoxy) is 1. The van der Waals surface area contributed by atoms with Crippen LogP contribution >= 0.6 is 11.6 Å². The van der Waals surface area contributed by atoms with Crippen LogP contribution in [0.25, 0.3) is 5.69 Å². The number of pyridine rings is 3. The molecule has 0 amide bonds. The zero-order valence-electron chi connectivity index (χ0n) is 14.8. The summed E-state index contributed by atoms with van der Waals surface area (Å²) in [7, 11) is 5.70. The first-order chi connectivity index (χ1) is 13.1. The molecule has 2 N–H and O–H groups in total. The second kappa shape index (κ2) is 7.35. The molecule has 0 fully saturated rings. The molecule has 2 radical (unpaired) electrons. The van der Waals surface area contributed by atoms with Crippen LogP contribution in [0.1, 0.15) is 17.0 Å². The van der Waals surface area contributed by atoms with Gasteiger partial charge in [0.25, 0.3) is 5.56 Å². The highest BCUT2D eigenvalue weighted by Crippen LogP contribution is 2.26. The molecule has 0 aromatic carbocycles. The van der Waals surface area contributed by atoms with Crippen molar-refractivity contribution in [3.63, 3.8) is 0 Å². The van der Waals surface area contributed by atoms with Crippen LogP contribution in [0, 0.1) is 19.7 Å². The maximum atomic E-state index is 13.9. The maximum absolute atomic E-state index is 13.9. The predicted octanol–water partition coefficient (Wildman–Crippen LogP) is 1.00. The lowest BCUT2D eigenvalue weighted by Crippen LogP contribution is -2.35. The van der Waals surface area contributed by atoms with E-state index in [4.69, 9.17) is 24.2 Å². The Balaban J connectivity index is 2.01. The number of aromatic nitrogens is 3. The molecule has 0 spiro atoms. The first-order valence-corrected chi connectivity index (χ1v) is 8.38. The van der Waals surface area contributed by atoms with Gasteiger partial charge in [0.15, 0.2) is 11.5 Å². The zero-order valence-corrected chi connectivity index (χ0v) is 15.6. The fourth-order valence-corrected chi connectivity index (χ4v) is 2.82. The second-order valence-electron chi connectivity index (χ2n) is 6.10. The molecule has 0 bridgehead atoms. The number of halogens is 2. The fraction of sp³-hybridized carbons (Fsp3) is 0.167. The van der Waals surface area contributed by atoms with Crippen molar-refractivity contribution in [2.75, 3.05) is 0 Å². The number of aliphatic hydroxyl groups is 2. The smallest absolute Gasteiger partial charge is 0.372 e. The summed E-state index contributed by atoms with van der Waals surface area (Å²) in [4.78, 5) is 20.1. The van der Waals surface area contributed by atoms with Gasteiger partial charge in [-0.2, -0.15) is 0 Å². The molecule has 0 aliphatic rings. The minimum atomic E-state index is -3.11. The van der Waals surface area contributed by atoms with Gasteiger partial charge in [-0.3, -0.25) is 14.3 Å². The summed E-state index contributed by atoms with van der Waals surface area (Å²) >= 11 is 5.60. The van der Waals surface area contributed by atoms with E-state index in [1.54, 1.807) is 19.9 Å². The van der Waals surface area contributed by atoms with Crippen LogP contribution in [-0.2, 0) is 5.97 Å². The van der Waals surface area contributed by atoms with Crippen molar-refractivity contribution in [1.29, 1.82) is 0 Å².